The second-order valence-electron chi connectivity index (χ2n) is 1.85. The molecule has 0 aliphatic rings. The largest absolute Gasteiger partial charge is 0.475 e. The molecule has 0 saturated heterocycles. The standard InChI is InChI=1S/C6H9N3O2/c7-5-3-6(9-4-8-5)11-2-1-10/h3-4,10H,1-2H2,(H2,7,8,9). The number of rotatable bonds is 3. The van der Waals surface area contributed by atoms with Crippen LogP contribution in [0.5, 0.6) is 5.88 Å². The summed E-state index contributed by atoms with van der Waals surface area (Å²) in [6, 6.07) is 1.50. The smallest absolute Gasteiger partial charge is 0.218 e. The molecule has 5 nitrogen and oxygen atoms in total. The Kier molecular flexibility index (Phi) is 2.62. The van der Waals surface area contributed by atoms with Gasteiger partial charge in [0.05, 0.1) is 6.61 Å². The van der Waals surface area contributed by atoms with E-state index in [0.29, 0.717) is 11.7 Å². The molecule has 0 aliphatic carbocycles. The van der Waals surface area contributed by atoms with Crippen molar-refractivity contribution in [1.29, 1.82) is 0 Å². The number of ether oxygens (including phenoxy) is 1. The summed E-state index contributed by atoms with van der Waals surface area (Å²) in [5.41, 5.74) is 5.34. The van der Waals surface area contributed by atoms with Crippen LogP contribution in [0.3, 0.4) is 0 Å². The zero-order chi connectivity index (χ0) is 8.10. The fourth-order valence-corrected chi connectivity index (χ4v) is 0.583. The van der Waals surface area contributed by atoms with Gasteiger partial charge in [0.1, 0.15) is 18.8 Å². The van der Waals surface area contributed by atoms with Crippen LogP contribution in [0.1, 0.15) is 0 Å². The molecule has 11 heavy (non-hydrogen) atoms. The molecule has 3 N–H and O–H groups in total. The first-order chi connectivity index (χ1) is 5.33. The molecule has 5 heteroatoms. The Hall–Kier alpha value is -1.36. The molecular formula is C6H9N3O2. The van der Waals surface area contributed by atoms with Crippen LogP contribution < -0.4 is 10.5 Å². The Bertz CT molecular complexity index is 229. The third kappa shape index (κ3) is 2.38. The van der Waals surface area contributed by atoms with E-state index in [4.69, 9.17) is 15.6 Å². The van der Waals surface area contributed by atoms with Crippen molar-refractivity contribution in [2.45, 2.75) is 0 Å². The lowest BCUT2D eigenvalue weighted by molar-refractivity contribution is 0.196. The number of anilines is 1. The Morgan fingerprint density at radius 1 is 1.55 bits per heavy atom. The molecule has 60 valence electrons. The van der Waals surface area contributed by atoms with Crippen molar-refractivity contribution in [3.63, 3.8) is 0 Å². The number of hydrogen-bond donors (Lipinski definition) is 2. The molecule has 0 radical (unpaired) electrons. The first-order valence-electron chi connectivity index (χ1n) is 3.14. The molecule has 0 saturated carbocycles. The van der Waals surface area contributed by atoms with E-state index < -0.39 is 0 Å². The van der Waals surface area contributed by atoms with Crippen LogP contribution in [0, 0.1) is 0 Å². The Morgan fingerprint density at radius 2 is 2.36 bits per heavy atom. The van der Waals surface area contributed by atoms with Gasteiger partial charge in [0, 0.05) is 6.07 Å². The summed E-state index contributed by atoms with van der Waals surface area (Å²) < 4.78 is 4.95. The summed E-state index contributed by atoms with van der Waals surface area (Å²) in [6.45, 7) is 0.181. The highest BCUT2D eigenvalue weighted by Crippen LogP contribution is 2.06. The molecule has 1 heterocycles. The van der Waals surface area contributed by atoms with Crippen molar-refractivity contribution in [1.82, 2.24) is 9.97 Å². The zero-order valence-electron chi connectivity index (χ0n) is 5.90. The molecule has 0 aliphatic heterocycles. The predicted molar refractivity (Wildman–Crippen MR) is 39.0 cm³/mol. The first-order valence-corrected chi connectivity index (χ1v) is 3.14. The second kappa shape index (κ2) is 3.72. The monoisotopic (exact) mass is 155 g/mol. The number of nitrogen functional groups attached to an aromatic ring is 1. The SMILES string of the molecule is Nc1cc(OCCO)ncn1. The molecule has 0 fully saturated rings. The van der Waals surface area contributed by atoms with Crippen molar-refractivity contribution in [2.75, 3.05) is 18.9 Å². The molecule has 1 aromatic heterocycles. The fraction of sp³-hybridized carbons (Fsp3) is 0.333. The normalized spacial score (nSPS) is 9.55. The van der Waals surface area contributed by atoms with Gasteiger partial charge in [-0.15, -0.1) is 0 Å². The quantitative estimate of drug-likeness (QED) is 0.610. The van der Waals surface area contributed by atoms with E-state index in [1.807, 2.05) is 0 Å². The van der Waals surface area contributed by atoms with E-state index in [-0.39, 0.29) is 13.2 Å². The summed E-state index contributed by atoms with van der Waals surface area (Å²) in [5, 5.41) is 8.40. The van der Waals surface area contributed by atoms with Crippen molar-refractivity contribution < 1.29 is 9.84 Å². The van der Waals surface area contributed by atoms with Gasteiger partial charge in [0.15, 0.2) is 0 Å². The van der Waals surface area contributed by atoms with Gasteiger partial charge in [-0.25, -0.2) is 9.97 Å². The lowest BCUT2D eigenvalue weighted by Gasteiger charge is -2.01. The van der Waals surface area contributed by atoms with Crippen molar-refractivity contribution in [3.8, 4) is 5.88 Å². The van der Waals surface area contributed by atoms with E-state index in [0.717, 1.165) is 0 Å². The van der Waals surface area contributed by atoms with Gasteiger partial charge >= 0.3 is 0 Å². The van der Waals surface area contributed by atoms with Crippen molar-refractivity contribution >= 4 is 5.82 Å². The van der Waals surface area contributed by atoms with Gasteiger partial charge in [0.2, 0.25) is 5.88 Å². The summed E-state index contributed by atoms with van der Waals surface area (Å²) in [4.78, 5) is 7.42. The first kappa shape index (κ1) is 7.74. The minimum atomic E-state index is -0.0378. The van der Waals surface area contributed by atoms with Crippen LogP contribution in [-0.2, 0) is 0 Å². The van der Waals surface area contributed by atoms with Crippen LogP contribution in [0.2, 0.25) is 0 Å². The molecule has 0 bridgehead atoms. The topological polar surface area (TPSA) is 81.3 Å². The lowest BCUT2D eigenvalue weighted by Crippen LogP contribution is -2.03. The van der Waals surface area contributed by atoms with Crippen LogP contribution in [0.4, 0.5) is 5.82 Å². The number of nitrogens with two attached hydrogens (primary N) is 1. The third-order valence-corrected chi connectivity index (χ3v) is 1.00. The molecule has 0 spiro atoms. The van der Waals surface area contributed by atoms with Gasteiger partial charge in [-0.2, -0.15) is 0 Å². The minimum absolute atomic E-state index is 0.0378. The molecule has 0 aromatic carbocycles. The highest BCUT2D eigenvalue weighted by atomic mass is 16.5. The number of aliphatic hydroxyl groups excluding tert-OH is 1. The Morgan fingerprint density at radius 3 is 3.00 bits per heavy atom. The van der Waals surface area contributed by atoms with E-state index in [9.17, 15) is 0 Å². The Labute approximate surface area is 63.8 Å². The van der Waals surface area contributed by atoms with Gasteiger partial charge in [-0.1, -0.05) is 0 Å². The maximum Gasteiger partial charge on any atom is 0.218 e. The highest BCUT2D eigenvalue weighted by Gasteiger charge is 1.94. The van der Waals surface area contributed by atoms with Gasteiger partial charge in [0.25, 0.3) is 0 Å². The minimum Gasteiger partial charge on any atom is -0.475 e. The van der Waals surface area contributed by atoms with Crippen LogP contribution >= 0.6 is 0 Å². The summed E-state index contributed by atoms with van der Waals surface area (Å²) in [7, 11) is 0. The van der Waals surface area contributed by atoms with E-state index in [2.05, 4.69) is 9.97 Å². The number of aromatic nitrogens is 2. The van der Waals surface area contributed by atoms with E-state index in [1.165, 1.54) is 12.4 Å². The number of hydrogen-bond acceptors (Lipinski definition) is 5. The van der Waals surface area contributed by atoms with Crippen molar-refractivity contribution in [3.05, 3.63) is 12.4 Å². The third-order valence-electron chi connectivity index (χ3n) is 1.00. The lowest BCUT2D eigenvalue weighted by atomic mass is 10.6. The Balaban J connectivity index is 2.56. The summed E-state index contributed by atoms with van der Waals surface area (Å²) >= 11 is 0. The van der Waals surface area contributed by atoms with E-state index >= 15 is 0 Å². The zero-order valence-corrected chi connectivity index (χ0v) is 5.90. The molecule has 1 aromatic rings. The summed E-state index contributed by atoms with van der Waals surface area (Å²) in [6.07, 6.45) is 1.31. The van der Waals surface area contributed by atoms with Crippen LogP contribution in [-0.4, -0.2) is 28.3 Å². The molecule has 0 amide bonds. The van der Waals surface area contributed by atoms with Gasteiger partial charge < -0.3 is 15.6 Å². The average molecular weight is 155 g/mol. The van der Waals surface area contributed by atoms with E-state index in [1.54, 1.807) is 0 Å². The molecule has 0 unspecified atom stereocenters. The number of aliphatic hydroxyl groups is 1. The number of nitrogens with zero attached hydrogens (tertiary/aromatic N) is 2. The van der Waals surface area contributed by atoms with Gasteiger partial charge in [-0.3, -0.25) is 0 Å². The molecular weight excluding hydrogens is 146 g/mol. The van der Waals surface area contributed by atoms with Crippen molar-refractivity contribution in [2.24, 2.45) is 0 Å². The second-order valence-corrected chi connectivity index (χ2v) is 1.85. The summed E-state index contributed by atoms with van der Waals surface area (Å²) in [5.74, 6) is 0.736. The maximum absolute atomic E-state index is 8.40. The average Bonchev–Trinajstić information content (AvgIpc) is 2.01. The maximum atomic E-state index is 8.40. The van der Waals surface area contributed by atoms with Crippen LogP contribution in [0.25, 0.3) is 0 Å². The predicted octanol–water partition coefficient (Wildman–Crippen LogP) is -0.570. The molecule has 1 rings (SSSR count). The molecule has 0 atom stereocenters. The fourth-order valence-electron chi connectivity index (χ4n) is 0.583. The highest BCUT2D eigenvalue weighted by molar-refractivity contribution is 5.30. The van der Waals surface area contributed by atoms with Gasteiger partial charge in [-0.05, 0) is 0 Å². The van der Waals surface area contributed by atoms with Crippen LogP contribution in [0.15, 0.2) is 12.4 Å².